The Balaban J connectivity index is 2.56. The van der Waals surface area contributed by atoms with Crippen molar-refractivity contribution in [3.05, 3.63) is 34.9 Å². The molecule has 0 saturated heterocycles. The third-order valence-corrected chi connectivity index (χ3v) is 2.20. The molecule has 0 aliphatic rings. The van der Waals surface area contributed by atoms with E-state index in [1.165, 1.54) is 0 Å². The minimum Gasteiger partial charge on any atom is -0.369 e. The van der Waals surface area contributed by atoms with Gasteiger partial charge in [-0.15, -0.1) is 0 Å². The Morgan fingerprint density at radius 3 is 2.57 bits per heavy atom. The molecule has 4 heteroatoms. The monoisotopic (exact) mass is 212 g/mol. The average Bonchev–Trinajstić information content (AvgIpc) is 2.15. The molecule has 0 bridgehead atoms. The summed E-state index contributed by atoms with van der Waals surface area (Å²) in [5, 5.41) is 3.70. The number of halogens is 1. The molecule has 3 N–H and O–H groups in total. The first-order chi connectivity index (χ1) is 6.59. The van der Waals surface area contributed by atoms with Crippen molar-refractivity contribution in [1.29, 1.82) is 0 Å². The van der Waals surface area contributed by atoms with Crippen LogP contribution in [0.5, 0.6) is 0 Å². The summed E-state index contributed by atoms with van der Waals surface area (Å²) in [5.41, 5.74) is 6.10. The average molecular weight is 213 g/mol. The maximum atomic E-state index is 10.5. The zero-order valence-corrected chi connectivity index (χ0v) is 8.71. The van der Waals surface area contributed by atoms with Gasteiger partial charge in [0, 0.05) is 11.1 Å². The molecule has 76 valence electrons. The van der Waals surface area contributed by atoms with Gasteiger partial charge in [0.25, 0.3) is 0 Å². The molecule has 0 unspecified atom stereocenters. The van der Waals surface area contributed by atoms with Gasteiger partial charge in [-0.1, -0.05) is 23.7 Å². The first kappa shape index (κ1) is 11.0. The van der Waals surface area contributed by atoms with Gasteiger partial charge in [0.1, 0.15) is 0 Å². The Morgan fingerprint density at radius 1 is 1.50 bits per heavy atom. The lowest BCUT2D eigenvalue weighted by Gasteiger charge is -2.12. The number of hydrogen-bond acceptors (Lipinski definition) is 2. The molecule has 0 radical (unpaired) electrons. The smallest absolute Gasteiger partial charge is 0.231 e. The molecule has 14 heavy (non-hydrogen) atoms. The summed E-state index contributed by atoms with van der Waals surface area (Å²) < 4.78 is 0. The Bertz CT molecular complexity index is 310. The molecular weight excluding hydrogens is 200 g/mol. The largest absolute Gasteiger partial charge is 0.369 e. The lowest BCUT2D eigenvalue weighted by molar-refractivity contribution is -0.117. The second kappa shape index (κ2) is 4.98. The van der Waals surface area contributed by atoms with E-state index in [0.717, 1.165) is 5.56 Å². The highest BCUT2D eigenvalue weighted by molar-refractivity contribution is 6.30. The van der Waals surface area contributed by atoms with Crippen molar-refractivity contribution >= 4 is 17.5 Å². The van der Waals surface area contributed by atoms with Gasteiger partial charge in [0.2, 0.25) is 5.91 Å². The maximum Gasteiger partial charge on any atom is 0.231 e. The predicted octanol–water partition coefficient (Wildman–Crippen LogP) is 1.48. The summed E-state index contributed by atoms with van der Waals surface area (Å²) in [6.07, 6.45) is 0. The van der Waals surface area contributed by atoms with E-state index in [4.69, 9.17) is 17.3 Å². The zero-order valence-electron chi connectivity index (χ0n) is 7.96. The van der Waals surface area contributed by atoms with Crippen LogP contribution in [0.3, 0.4) is 0 Å². The topological polar surface area (TPSA) is 55.1 Å². The number of nitrogens with one attached hydrogen (secondary N) is 1. The van der Waals surface area contributed by atoms with Crippen LogP contribution in [0.4, 0.5) is 0 Å². The minimum absolute atomic E-state index is 0.0970. The van der Waals surface area contributed by atoms with Crippen molar-refractivity contribution in [2.24, 2.45) is 5.73 Å². The highest BCUT2D eigenvalue weighted by atomic mass is 35.5. The first-order valence-electron chi connectivity index (χ1n) is 4.36. The Labute approximate surface area is 88.2 Å². The fraction of sp³-hybridized carbons (Fsp3) is 0.300. The second-order valence-corrected chi connectivity index (χ2v) is 3.56. The van der Waals surface area contributed by atoms with Crippen LogP contribution < -0.4 is 11.1 Å². The van der Waals surface area contributed by atoms with Gasteiger partial charge in [-0.2, -0.15) is 0 Å². The molecule has 1 aromatic carbocycles. The summed E-state index contributed by atoms with van der Waals surface area (Å²) in [6.45, 7) is 2.15. The van der Waals surface area contributed by atoms with Gasteiger partial charge >= 0.3 is 0 Å². The standard InChI is InChI=1S/C10H13ClN2O/c1-7(13-6-10(12)14)8-2-4-9(11)5-3-8/h2-5,7,13H,6H2,1H3,(H2,12,14)/t7-/m1/s1. The van der Waals surface area contributed by atoms with Crippen LogP contribution in [0.1, 0.15) is 18.5 Å². The fourth-order valence-electron chi connectivity index (χ4n) is 1.12. The van der Waals surface area contributed by atoms with E-state index in [9.17, 15) is 4.79 Å². The molecule has 0 saturated carbocycles. The maximum absolute atomic E-state index is 10.5. The number of primary amides is 1. The Kier molecular flexibility index (Phi) is 3.92. The van der Waals surface area contributed by atoms with Crippen LogP contribution in [0.15, 0.2) is 24.3 Å². The molecule has 1 atom stereocenters. The number of rotatable bonds is 4. The molecule has 0 heterocycles. The SMILES string of the molecule is C[C@@H](NCC(N)=O)c1ccc(Cl)cc1. The lowest BCUT2D eigenvalue weighted by atomic mass is 10.1. The highest BCUT2D eigenvalue weighted by Gasteiger charge is 2.04. The summed E-state index contributed by atoms with van der Waals surface area (Å²) in [5.74, 6) is -0.356. The van der Waals surface area contributed by atoms with Crippen molar-refractivity contribution < 1.29 is 4.79 Å². The van der Waals surface area contributed by atoms with E-state index in [-0.39, 0.29) is 18.5 Å². The molecule has 1 amide bonds. The van der Waals surface area contributed by atoms with E-state index >= 15 is 0 Å². The number of hydrogen-bond donors (Lipinski definition) is 2. The van der Waals surface area contributed by atoms with Crippen LogP contribution in [0, 0.1) is 0 Å². The van der Waals surface area contributed by atoms with Gasteiger partial charge in [-0.25, -0.2) is 0 Å². The van der Waals surface area contributed by atoms with Gasteiger partial charge in [0.05, 0.1) is 6.54 Å². The zero-order chi connectivity index (χ0) is 10.6. The van der Waals surface area contributed by atoms with E-state index in [0.29, 0.717) is 5.02 Å². The van der Waals surface area contributed by atoms with E-state index < -0.39 is 0 Å². The van der Waals surface area contributed by atoms with E-state index in [2.05, 4.69) is 5.32 Å². The molecule has 1 rings (SSSR count). The van der Waals surface area contributed by atoms with Crippen molar-refractivity contribution in [1.82, 2.24) is 5.32 Å². The summed E-state index contributed by atoms with van der Waals surface area (Å²) in [6, 6.07) is 7.57. The number of carbonyl (C=O) groups is 1. The summed E-state index contributed by atoms with van der Waals surface area (Å²) in [4.78, 5) is 10.5. The van der Waals surface area contributed by atoms with Gasteiger partial charge in [-0.3, -0.25) is 4.79 Å². The normalized spacial score (nSPS) is 12.4. The van der Waals surface area contributed by atoms with Crippen molar-refractivity contribution in [2.45, 2.75) is 13.0 Å². The molecular formula is C10H13ClN2O. The third kappa shape index (κ3) is 3.36. The number of amides is 1. The summed E-state index contributed by atoms with van der Waals surface area (Å²) >= 11 is 5.75. The lowest BCUT2D eigenvalue weighted by Crippen LogP contribution is -2.30. The van der Waals surface area contributed by atoms with Gasteiger partial charge in [0.15, 0.2) is 0 Å². The molecule has 0 fully saturated rings. The predicted molar refractivity (Wildman–Crippen MR) is 57.1 cm³/mol. The van der Waals surface area contributed by atoms with Crippen LogP contribution in [0.2, 0.25) is 5.02 Å². The van der Waals surface area contributed by atoms with E-state index in [1.54, 1.807) is 0 Å². The van der Waals surface area contributed by atoms with Crippen molar-refractivity contribution in [3.63, 3.8) is 0 Å². The molecule has 0 aliphatic carbocycles. The van der Waals surface area contributed by atoms with Gasteiger partial charge in [-0.05, 0) is 24.6 Å². The molecule has 0 aromatic heterocycles. The molecule has 1 aromatic rings. The summed E-state index contributed by atoms with van der Waals surface area (Å²) in [7, 11) is 0. The van der Waals surface area contributed by atoms with Crippen LogP contribution in [0.25, 0.3) is 0 Å². The minimum atomic E-state index is -0.356. The quantitative estimate of drug-likeness (QED) is 0.795. The third-order valence-electron chi connectivity index (χ3n) is 1.95. The second-order valence-electron chi connectivity index (χ2n) is 3.12. The van der Waals surface area contributed by atoms with Gasteiger partial charge < -0.3 is 11.1 Å². The van der Waals surface area contributed by atoms with Crippen LogP contribution in [-0.2, 0) is 4.79 Å². The van der Waals surface area contributed by atoms with E-state index in [1.807, 2.05) is 31.2 Å². The number of carbonyl (C=O) groups excluding carboxylic acids is 1. The van der Waals surface area contributed by atoms with Crippen LogP contribution in [-0.4, -0.2) is 12.5 Å². The highest BCUT2D eigenvalue weighted by Crippen LogP contribution is 2.15. The number of nitrogens with two attached hydrogens (primary N) is 1. The van der Waals surface area contributed by atoms with Crippen molar-refractivity contribution in [2.75, 3.05) is 6.54 Å². The van der Waals surface area contributed by atoms with Crippen LogP contribution >= 0.6 is 11.6 Å². The number of benzene rings is 1. The molecule has 0 spiro atoms. The molecule has 0 aliphatic heterocycles. The van der Waals surface area contributed by atoms with Crippen molar-refractivity contribution in [3.8, 4) is 0 Å². The Hall–Kier alpha value is -1.06. The molecule has 3 nitrogen and oxygen atoms in total. The fourth-order valence-corrected chi connectivity index (χ4v) is 1.25. The first-order valence-corrected chi connectivity index (χ1v) is 4.74. The Morgan fingerprint density at radius 2 is 2.07 bits per heavy atom.